The first-order valence-corrected chi connectivity index (χ1v) is 4.46. The molecule has 0 amide bonds. The number of hydrogen-bond acceptors (Lipinski definition) is 4. The summed E-state index contributed by atoms with van der Waals surface area (Å²) in [6.45, 7) is 1.59. The van der Waals surface area contributed by atoms with Crippen molar-refractivity contribution >= 4 is 5.97 Å². The molecule has 6 heteroatoms. The number of halogens is 2. The average Bonchev–Trinajstić information content (AvgIpc) is 2.28. The van der Waals surface area contributed by atoms with Crippen LogP contribution in [-0.4, -0.2) is 17.6 Å². The van der Waals surface area contributed by atoms with E-state index in [0.29, 0.717) is 0 Å². The van der Waals surface area contributed by atoms with Crippen LogP contribution in [0.4, 0.5) is 8.78 Å². The minimum atomic E-state index is -2.85. The van der Waals surface area contributed by atoms with Gasteiger partial charge in [0.2, 0.25) is 0 Å². The van der Waals surface area contributed by atoms with Crippen molar-refractivity contribution in [3.05, 3.63) is 29.1 Å². The van der Waals surface area contributed by atoms with Crippen LogP contribution in [0.25, 0.3) is 0 Å². The first-order valence-electron chi connectivity index (χ1n) is 4.46. The van der Waals surface area contributed by atoms with Gasteiger partial charge in [-0.2, -0.15) is 5.26 Å². The van der Waals surface area contributed by atoms with Gasteiger partial charge in [0.1, 0.15) is 11.6 Å². The monoisotopic (exact) mass is 226 g/mol. The lowest BCUT2D eigenvalue weighted by Crippen LogP contribution is -2.12. The molecular formula is C10H8F2N2O2. The van der Waals surface area contributed by atoms with Crippen LogP contribution < -0.4 is 0 Å². The van der Waals surface area contributed by atoms with Crippen LogP contribution in [0.3, 0.4) is 0 Å². The van der Waals surface area contributed by atoms with E-state index in [1.807, 2.05) is 0 Å². The largest absolute Gasteiger partial charge is 0.462 e. The zero-order chi connectivity index (χ0) is 12.1. The predicted octanol–water partition coefficient (Wildman–Crippen LogP) is 2.07. The molecule has 0 spiro atoms. The molecule has 0 N–H and O–H groups in total. The normalized spacial score (nSPS) is 9.94. The highest BCUT2D eigenvalue weighted by Crippen LogP contribution is 2.24. The zero-order valence-electron chi connectivity index (χ0n) is 8.41. The number of alkyl halides is 2. The van der Waals surface area contributed by atoms with E-state index in [2.05, 4.69) is 9.72 Å². The molecule has 0 radical (unpaired) electrons. The fourth-order valence-corrected chi connectivity index (χ4v) is 1.16. The van der Waals surface area contributed by atoms with Gasteiger partial charge in [0.05, 0.1) is 6.61 Å². The number of nitrogens with zero attached hydrogens (tertiary/aromatic N) is 2. The minimum absolute atomic E-state index is 0.0429. The van der Waals surface area contributed by atoms with E-state index >= 15 is 0 Å². The fourth-order valence-electron chi connectivity index (χ4n) is 1.16. The Morgan fingerprint density at radius 1 is 1.69 bits per heavy atom. The second kappa shape index (κ2) is 5.16. The summed E-state index contributed by atoms with van der Waals surface area (Å²) in [5, 5.41) is 8.68. The molecular weight excluding hydrogens is 218 g/mol. The van der Waals surface area contributed by atoms with Gasteiger partial charge in [-0.15, -0.1) is 0 Å². The Morgan fingerprint density at radius 3 is 2.88 bits per heavy atom. The topological polar surface area (TPSA) is 63.0 Å². The predicted molar refractivity (Wildman–Crippen MR) is 49.9 cm³/mol. The Balaban J connectivity index is 3.31. The van der Waals surface area contributed by atoms with Crippen molar-refractivity contribution < 1.29 is 18.3 Å². The number of aromatic nitrogens is 1. The quantitative estimate of drug-likeness (QED) is 0.740. The van der Waals surface area contributed by atoms with E-state index in [-0.39, 0.29) is 12.3 Å². The van der Waals surface area contributed by atoms with E-state index in [9.17, 15) is 13.6 Å². The molecule has 0 bridgehead atoms. The van der Waals surface area contributed by atoms with Gasteiger partial charge in [-0.25, -0.2) is 18.6 Å². The molecule has 0 saturated heterocycles. The molecule has 0 unspecified atom stereocenters. The Bertz CT molecular complexity index is 441. The van der Waals surface area contributed by atoms with Gasteiger partial charge < -0.3 is 4.74 Å². The lowest BCUT2D eigenvalue weighted by molar-refractivity contribution is 0.0514. The van der Waals surface area contributed by atoms with Crippen molar-refractivity contribution in [2.75, 3.05) is 6.61 Å². The van der Waals surface area contributed by atoms with Crippen LogP contribution in [0.5, 0.6) is 0 Å². The summed E-state index contributed by atoms with van der Waals surface area (Å²) in [7, 11) is 0. The SMILES string of the molecule is CCOC(=O)c1c(C(F)F)ccnc1C#N. The summed E-state index contributed by atoms with van der Waals surface area (Å²) < 4.78 is 29.8. The van der Waals surface area contributed by atoms with Crippen molar-refractivity contribution in [1.82, 2.24) is 4.98 Å². The van der Waals surface area contributed by atoms with Crippen molar-refractivity contribution in [2.45, 2.75) is 13.3 Å². The third-order valence-corrected chi connectivity index (χ3v) is 1.80. The van der Waals surface area contributed by atoms with Crippen LogP contribution in [-0.2, 0) is 4.74 Å². The number of pyridine rings is 1. The first kappa shape index (κ1) is 12.0. The molecule has 0 atom stereocenters. The Kier molecular flexibility index (Phi) is 3.89. The maximum Gasteiger partial charge on any atom is 0.341 e. The number of ether oxygens (including phenoxy) is 1. The highest BCUT2D eigenvalue weighted by atomic mass is 19.3. The summed E-state index contributed by atoms with van der Waals surface area (Å²) in [5.74, 6) is -0.956. The van der Waals surface area contributed by atoms with E-state index in [1.165, 1.54) is 0 Å². The van der Waals surface area contributed by atoms with Crippen LogP contribution in [0.2, 0.25) is 0 Å². The number of esters is 1. The van der Waals surface area contributed by atoms with Crippen LogP contribution in [0.15, 0.2) is 12.3 Å². The Morgan fingerprint density at radius 2 is 2.38 bits per heavy atom. The number of nitriles is 1. The molecule has 1 heterocycles. The van der Waals surface area contributed by atoms with E-state index in [4.69, 9.17) is 5.26 Å². The summed E-state index contributed by atoms with van der Waals surface area (Å²) in [5.41, 5.74) is -1.34. The maximum absolute atomic E-state index is 12.6. The van der Waals surface area contributed by atoms with Gasteiger partial charge >= 0.3 is 5.97 Å². The van der Waals surface area contributed by atoms with Gasteiger partial charge in [-0.1, -0.05) is 0 Å². The lowest BCUT2D eigenvalue weighted by atomic mass is 10.1. The van der Waals surface area contributed by atoms with Crippen LogP contribution in [0.1, 0.15) is 35.0 Å². The molecule has 0 aliphatic heterocycles. The Hall–Kier alpha value is -2.03. The summed E-state index contributed by atoms with van der Waals surface area (Å²) in [6, 6.07) is 2.58. The van der Waals surface area contributed by atoms with Gasteiger partial charge in [0.15, 0.2) is 5.69 Å². The number of carbonyl (C=O) groups is 1. The second-order valence-corrected chi connectivity index (χ2v) is 2.76. The molecule has 84 valence electrons. The molecule has 0 aliphatic rings. The van der Waals surface area contributed by atoms with Crippen molar-refractivity contribution in [1.29, 1.82) is 5.26 Å². The third kappa shape index (κ3) is 2.31. The summed E-state index contributed by atoms with van der Waals surface area (Å²) in [4.78, 5) is 15.0. The fraction of sp³-hybridized carbons (Fsp3) is 0.300. The van der Waals surface area contributed by atoms with Gasteiger partial charge in [0, 0.05) is 11.8 Å². The first-order chi connectivity index (χ1) is 7.61. The molecule has 1 rings (SSSR count). The van der Waals surface area contributed by atoms with Gasteiger partial charge in [-0.3, -0.25) is 0 Å². The molecule has 0 saturated carbocycles. The average molecular weight is 226 g/mol. The highest BCUT2D eigenvalue weighted by Gasteiger charge is 2.23. The number of carbonyl (C=O) groups excluding carboxylic acids is 1. The number of rotatable bonds is 3. The van der Waals surface area contributed by atoms with E-state index in [1.54, 1.807) is 13.0 Å². The Labute approximate surface area is 90.5 Å². The molecule has 0 fully saturated rings. The van der Waals surface area contributed by atoms with E-state index < -0.39 is 23.5 Å². The molecule has 1 aromatic rings. The lowest BCUT2D eigenvalue weighted by Gasteiger charge is -2.08. The van der Waals surface area contributed by atoms with Crippen molar-refractivity contribution in [3.63, 3.8) is 0 Å². The maximum atomic E-state index is 12.6. The zero-order valence-corrected chi connectivity index (χ0v) is 8.41. The summed E-state index contributed by atoms with van der Waals surface area (Å²) >= 11 is 0. The third-order valence-electron chi connectivity index (χ3n) is 1.80. The second-order valence-electron chi connectivity index (χ2n) is 2.76. The standard InChI is InChI=1S/C10H8F2N2O2/c1-2-16-10(15)8-6(9(11)12)3-4-14-7(8)5-13/h3-4,9H,2H2,1H3. The minimum Gasteiger partial charge on any atom is -0.462 e. The molecule has 1 aromatic heterocycles. The highest BCUT2D eigenvalue weighted by molar-refractivity contribution is 5.93. The van der Waals surface area contributed by atoms with Gasteiger partial charge in [0.25, 0.3) is 6.43 Å². The van der Waals surface area contributed by atoms with Crippen molar-refractivity contribution in [3.8, 4) is 6.07 Å². The van der Waals surface area contributed by atoms with E-state index in [0.717, 1.165) is 12.3 Å². The van der Waals surface area contributed by atoms with Crippen molar-refractivity contribution in [2.24, 2.45) is 0 Å². The molecule has 0 aliphatic carbocycles. The van der Waals surface area contributed by atoms with Crippen LogP contribution in [0, 0.1) is 11.3 Å². The number of hydrogen-bond donors (Lipinski definition) is 0. The smallest absolute Gasteiger partial charge is 0.341 e. The molecule has 4 nitrogen and oxygen atoms in total. The van der Waals surface area contributed by atoms with Crippen LogP contribution >= 0.6 is 0 Å². The summed E-state index contributed by atoms with van der Waals surface area (Å²) in [6.07, 6.45) is -1.79. The molecule has 16 heavy (non-hydrogen) atoms. The van der Waals surface area contributed by atoms with Gasteiger partial charge in [-0.05, 0) is 13.0 Å². The molecule has 0 aromatic carbocycles.